The molecule has 0 saturated carbocycles. The fraction of sp³-hybridized carbons (Fsp3) is 0.455. The number of hydrogen-bond donors (Lipinski definition) is 1. The van der Waals surface area contributed by atoms with Gasteiger partial charge in [-0.25, -0.2) is 0 Å². The summed E-state index contributed by atoms with van der Waals surface area (Å²) in [5, 5.41) is 0. The van der Waals surface area contributed by atoms with E-state index in [1.54, 1.807) is 0 Å². The Hall–Kier alpha value is -0.470. The lowest BCUT2D eigenvalue weighted by molar-refractivity contribution is 0.589. The molecule has 1 aliphatic rings. The SMILES string of the molecule is Cc1ccc2c(c1)CC(CN)CS2. The molecular weight excluding hydrogens is 178 g/mol. The monoisotopic (exact) mass is 193 g/mol. The molecule has 1 atom stereocenters. The van der Waals surface area contributed by atoms with Gasteiger partial charge in [-0.1, -0.05) is 17.7 Å². The summed E-state index contributed by atoms with van der Waals surface area (Å²) in [5.41, 5.74) is 8.54. The molecule has 1 aliphatic heterocycles. The first-order valence-electron chi connectivity index (χ1n) is 4.72. The van der Waals surface area contributed by atoms with Gasteiger partial charge in [0.2, 0.25) is 0 Å². The third kappa shape index (κ3) is 1.89. The molecule has 1 aromatic rings. The maximum atomic E-state index is 5.69. The molecule has 0 amide bonds. The van der Waals surface area contributed by atoms with Crippen LogP contribution in [0.3, 0.4) is 0 Å². The standard InChI is InChI=1S/C11H15NS/c1-8-2-3-11-10(4-8)5-9(6-12)7-13-11/h2-4,9H,5-7,12H2,1H3. The lowest BCUT2D eigenvalue weighted by atomic mass is 9.99. The van der Waals surface area contributed by atoms with E-state index in [9.17, 15) is 0 Å². The van der Waals surface area contributed by atoms with Crippen molar-refractivity contribution in [3.63, 3.8) is 0 Å². The normalized spacial score (nSPS) is 21.2. The summed E-state index contributed by atoms with van der Waals surface area (Å²) in [5.74, 6) is 1.87. The van der Waals surface area contributed by atoms with Crippen molar-refractivity contribution in [2.24, 2.45) is 11.7 Å². The minimum Gasteiger partial charge on any atom is -0.330 e. The maximum Gasteiger partial charge on any atom is 0.0104 e. The first kappa shape index (κ1) is 9.10. The van der Waals surface area contributed by atoms with E-state index in [1.807, 2.05) is 11.8 Å². The molecule has 1 nitrogen and oxygen atoms in total. The van der Waals surface area contributed by atoms with Crippen LogP contribution in [-0.2, 0) is 6.42 Å². The zero-order valence-electron chi connectivity index (χ0n) is 7.92. The van der Waals surface area contributed by atoms with Crippen molar-refractivity contribution in [2.45, 2.75) is 18.2 Å². The molecule has 2 rings (SSSR count). The quantitative estimate of drug-likeness (QED) is 0.740. The van der Waals surface area contributed by atoms with Gasteiger partial charge < -0.3 is 5.73 Å². The highest BCUT2D eigenvalue weighted by Gasteiger charge is 2.17. The van der Waals surface area contributed by atoms with Crippen molar-refractivity contribution in [1.29, 1.82) is 0 Å². The van der Waals surface area contributed by atoms with E-state index in [-0.39, 0.29) is 0 Å². The number of fused-ring (bicyclic) bond motifs is 1. The first-order chi connectivity index (χ1) is 6.29. The van der Waals surface area contributed by atoms with Crippen LogP contribution in [0.15, 0.2) is 23.1 Å². The van der Waals surface area contributed by atoms with Gasteiger partial charge in [-0.2, -0.15) is 0 Å². The summed E-state index contributed by atoms with van der Waals surface area (Å²) in [7, 11) is 0. The van der Waals surface area contributed by atoms with Crippen molar-refractivity contribution >= 4 is 11.8 Å². The van der Waals surface area contributed by atoms with E-state index in [2.05, 4.69) is 25.1 Å². The van der Waals surface area contributed by atoms with Gasteiger partial charge in [0.15, 0.2) is 0 Å². The highest BCUT2D eigenvalue weighted by Crippen LogP contribution is 2.32. The Morgan fingerprint density at radius 1 is 1.54 bits per heavy atom. The Morgan fingerprint density at radius 2 is 2.38 bits per heavy atom. The number of nitrogens with two attached hydrogens (primary N) is 1. The largest absolute Gasteiger partial charge is 0.330 e. The molecule has 0 aromatic heterocycles. The minimum atomic E-state index is 0.680. The van der Waals surface area contributed by atoms with Crippen molar-refractivity contribution in [1.82, 2.24) is 0 Å². The summed E-state index contributed by atoms with van der Waals surface area (Å²) < 4.78 is 0. The first-order valence-corrected chi connectivity index (χ1v) is 5.70. The number of benzene rings is 1. The highest BCUT2D eigenvalue weighted by atomic mass is 32.2. The Balaban J connectivity index is 2.27. The Kier molecular flexibility index (Phi) is 2.61. The van der Waals surface area contributed by atoms with Gasteiger partial charge in [0, 0.05) is 10.6 Å². The molecule has 0 bridgehead atoms. The van der Waals surface area contributed by atoms with Gasteiger partial charge in [-0.3, -0.25) is 0 Å². The summed E-state index contributed by atoms with van der Waals surface area (Å²) in [6.45, 7) is 2.97. The van der Waals surface area contributed by atoms with Gasteiger partial charge in [0.05, 0.1) is 0 Å². The van der Waals surface area contributed by atoms with Crippen LogP contribution in [0.4, 0.5) is 0 Å². The molecule has 0 aliphatic carbocycles. The average Bonchev–Trinajstić information content (AvgIpc) is 2.16. The van der Waals surface area contributed by atoms with E-state index in [0.717, 1.165) is 6.54 Å². The van der Waals surface area contributed by atoms with Crippen LogP contribution in [0.5, 0.6) is 0 Å². The number of aryl methyl sites for hydroxylation is 1. The lowest BCUT2D eigenvalue weighted by Gasteiger charge is -2.22. The van der Waals surface area contributed by atoms with E-state index >= 15 is 0 Å². The lowest BCUT2D eigenvalue weighted by Crippen LogP contribution is -2.22. The van der Waals surface area contributed by atoms with Crippen LogP contribution < -0.4 is 5.73 Å². The number of thioether (sulfide) groups is 1. The Morgan fingerprint density at radius 3 is 3.15 bits per heavy atom. The summed E-state index contributed by atoms with van der Waals surface area (Å²) in [6, 6.07) is 6.72. The zero-order valence-corrected chi connectivity index (χ0v) is 8.73. The van der Waals surface area contributed by atoms with Gasteiger partial charge in [-0.05, 0) is 37.4 Å². The van der Waals surface area contributed by atoms with Gasteiger partial charge in [0.1, 0.15) is 0 Å². The molecule has 1 unspecified atom stereocenters. The van der Waals surface area contributed by atoms with E-state index in [4.69, 9.17) is 5.73 Å². The molecule has 0 fully saturated rings. The summed E-state index contributed by atoms with van der Waals surface area (Å²) >= 11 is 1.95. The maximum absolute atomic E-state index is 5.69. The van der Waals surface area contributed by atoms with Crippen molar-refractivity contribution < 1.29 is 0 Å². The highest BCUT2D eigenvalue weighted by molar-refractivity contribution is 7.99. The summed E-state index contributed by atoms with van der Waals surface area (Å²) in [6.07, 6.45) is 1.17. The van der Waals surface area contributed by atoms with Crippen LogP contribution in [0.1, 0.15) is 11.1 Å². The molecule has 0 saturated heterocycles. The van der Waals surface area contributed by atoms with E-state index in [1.165, 1.54) is 28.2 Å². The molecule has 1 heterocycles. The second-order valence-electron chi connectivity index (χ2n) is 3.73. The third-order valence-electron chi connectivity index (χ3n) is 2.53. The Labute approximate surface area is 83.7 Å². The fourth-order valence-electron chi connectivity index (χ4n) is 1.74. The fourth-order valence-corrected chi connectivity index (χ4v) is 2.90. The number of rotatable bonds is 1. The Bertz CT molecular complexity index is 309. The van der Waals surface area contributed by atoms with Gasteiger partial charge in [0.25, 0.3) is 0 Å². The van der Waals surface area contributed by atoms with Crippen molar-refractivity contribution in [2.75, 3.05) is 12.3 Å². The van der Waals surface area contributed by atoms with Crippen LogP contribution >= 0.6 is 11.8 Å². The van der Waals surface area contributed by atoms with E-state index < -0.39 is 0 Å². The van der Waals surface area contributed by atoms with Crippen LogP contribution in [0.2, 0.25) is 0 Å². The average molecular weight is 193 g/mol. The van der Waals surface area contributed by atoms with Crippen LogP contribution in [0, 0.1) is 12.8 Å². The topological polar surface area (TPSA) is 26.0 Å². The predicted octanol–water partition coefficient (Wildman–Crippen LogP) is 2.22. The third-order valence-corrected chi connectivity index (χ3v) is 3.88. The predicted molar refractivity (Wildman–Crippen MR) is 58.2 cm³/mol. The van der Waals surface area contributed by atoms with Crippen molar-refractivity contribution in [3.05, 3.63) is 29.3 Å². The molecule has 0 spiro atoms. The van der Waals surface area contributed by atoms with Crippen LogP contribution in [-0.4, -0.2) is 12.3 Å². The molecule has 13 heavy (non-hydrogen) atoms. The van der Waals surface area contributed by atoms with E-state index in [0.29, 0.717) is 5.92 Å². The smallest absolute Gasteiger partial charge is 0.0104 e. The second kappa shape index (κ2) is 3.72. The molecule has 1 aromatic carbocycles. The van der Waals surface area contributed by atoms with Crippen LogP contribution in [0.25, 0.3) is 0 Å². The number of hydrogen-bond acceptors (Lipinski definition) is 2. The molecule has 0 radical (unpaired) electrons. The molecule has 70 valence electrons. The van der Waals surface area contributed by atoms with Crippen molar-refractivity contribution in [3.8, 4) is 0 Å². The van der Waals surface area contributed by atoms with Gasteiger partial charge in [-0.15, -0.1) is 11.8 Å². The molecule has 2 heteroatoms. The second-order valence-corrected chi connectivity index (χ2v) is 4.79. The molecule has 2 N–H and O–H groups in total. The van der Waals surface area contributed by atoms with Gasteiger partial charge >= 0.3 is 0 Å². The minimum absolute atomic E-state index is 0.680. The molecular formula is C11H15NS. The zero-order chi connectivity index (χ0) is 9.26. The summed E-state index contributed by atoms with van der Waals surface area (Å²) in [4.78, 5) is 1.45.